The van der Waals surface area contributed by atoms with E-state index in [2.05, 4.69) is 148 Å². The van der Waals surface area contributed by atoms with Gasteiger partial charge in [0.05, 0.1) is 44.2 Å². The van der Waals surface area contributed by atoms with E-state index >= 15 is 0 Å². The molecule has 0 saturated carbocycles. The van der Waals surface area contributed by atoms with E-state index in [9.17, 15) is 0 Å². The minimum atomic E-state index is -0.446. The molecule has 2 saturated heterocycles. The fourth-order valence-corrected chi connectivity index (χ4v) is 10.4. The second kappa shape index (κ2) is 24.9. The SMILES string of the molecule is CCCCCCCCCCCCCCC1(C)OC12C(C(COC1CC=CC(OCc3ccccc3)C(OCc3ccccc3)C1OCc1ccccc1)NCc1ccccc1)OC2(C)C. The monoisotopic (exact) mass is 886 g/mol. The first kappa shape index (κ1) is 49.3. The number of ether oxygens (including phenoxy) is 6. The molecule has 3 aliphatic rings. The summed E-state index contributed by atoms with van der Waals surface area (Å²) in [6.45, 7) is 11.4. The summed E-state index contributed by atoms with van der Waals surface area (Å²) in [6, 6.07) is 41.5. The molecule has 7 heteroatoms. The summed E-state index contributed by atoms with van der Waals surface area (Å²) in [5.41, 5.74) is 3.45. The molecule has 8 unspecified atom stereocenters. The summed E-state index contributed by atoms with van der Waals surface area (Å²) in [5.74, 6) is 0. The van der Waals surface area contributed by atoms with Gasteiger partial charge < -0.3 is 33.7 Å². The summed E-state index contributed by atoms with van der Waals surface area (Å²) in [7, 11) is 0. The summed E-state index contributed by atoms with van der Waals surface area (Å²) < 4.78 is 41.7. The van der Waals surface area contributed by atoms with Crippen molar-refractivity contribution >= 4 is 0 Å². The van der Waals surface area contributed by atoms with Gasteiger partial charge in [-0.3, -0.25) is 0 Å². The lowest BCUT2D eigenvalue weighted by atomic mass is 9.68. The summed E-state index contributed by atoms with van der Waals surface area (Å²) in [5, 5.41) is 3.91. The highest BCUT2D eigenvalue weighted by Gasteiger charge is 2.84. The fourth-order valence-electron chi connectivity index (χ4n) is 10.4. The van der Waals surface area contributed by atoms with Crippen molar-refractivity contribution in [1.29, 1.82) is 0 Å². The number of rotatable bonds is 29. The van der Waals surface area contributed by atoms with Gasteiger partial charge in [0.1, 0.15) is 30.0 Å². The molecule has 1 N–H and O–H groups in total. The second-order valence-electron chi connectivity index (χ2n) is 19.5. The number of benzene rings is 4. The van der Waals surface area contributed by atoms with E-state index in [1.807, 2.05) is 18.2 Å². The Bertz CT molecular complexity index is 1940. The molecule has 7 nitrogen and oxygen atoms in total. The van der Waals surface area contributed by atoms with Crippen LogP contribution in [-0.2, 0) is 54.8 Å². The second-order valence-corrected chi connectivity index (χ2v) is 19.5. The highest BCUT2D eigenvalue weighted by atomic mass is 16.7. The van der Waals surface area contributed by atoms with Crippen LogP contribution in [0.25, 0.3) is 0 Å². The molecule has 0 radical (unpaired) electrons. The summed E-state index contributed by atoms with van der Waals surface area (Å²) in [6.07, 6.45) is 20.4. The fraction of sp³-hybridized carbons (Fsp3) is 0.552. The first-order valence-electron chi connectivity index (χ1n) is 25.2. The number of unbranched alkanes of at least 4 members (excludes halogenated alkanes) is 11. The molecule has 2 fully saturated rings. The van der Waals surface area contributed by atoms with Gasteiger partial charge in [-0.1, -0.05) is 217 Å². The van der Waals surface area contributed by atoms with E-state index in [-0.39, 0.29) is 30.0 Å². The van der Waals surface area contributed by atoms with Crippen LogP contribution < -0.4 is 5.32 Å². The minimum absolute atomic E-state index is 0.136. The van der Waals surface area contributed by atoms with Gasteiger partial charge in [-0.15, -0.1) is 0 Å². The molecule has 8 atom stereocenters. The Morgan fingerprint density at radius 3 is 1.57 bits per heavy atom. The molecule has 7 rings (SSSR count). The van der Waals surface area contributed by atoms with E-state index < -0.39 is 23.4 Å². The van der Waals surface area contributed by atoms with Crippen LogP contribution in [0.15, 0.2) is 133 Å². The van der Waals surface area contributed by atoms with Crippen LogP contribution in [0.1, 0.15) is 140 Å². The summed E-state index contributed by atoms with van der Waals surface area (Å²) >= 11 is 0. The van der Waals surface area contributed by atoms with Crippen LogP contribution in [0.5, 0.6) is 0 Å². The molecule has 65 heavy (non-hydrogen) atoms. The van der Waals surface area contributed by atoms with Crippen LogP contribution in [-0.4, -0.2) is 60.0 Å². The van der Waals surface area contributed by atoms with E-state index in [1.165, 1.54) is 82.6 Å². The number of hydrogen-bond acceptors (Lipinski definition) is 7. The van der Waals surface area contributed by atoms with Gasteiger partial charge in [0, 0.05) is 6.54 Å². The Morgan fingerprint density at radius 2 is 1.05 bits per heavy atom. The van der Waals surface area contributed by atoms with Crippen molar-refractivity contribution in [3.63, 3.8) is 0 Å². The highest BCUT2D eigenvalue weighted by Crippen LogP contribution is 2.67. The van der Waals surface area contributed by atoms with Gasteiger partial charge in [0.15, 0.2) is 5.60 Å². The molecule has 0 aromatic heterocycles. The third-order valence-corrected chi connectivity index (χ3v) is 14.2. The maximum atomic E-state index is 7.19. The predicted octanol–water partition coefficient (Wildman–Crippen LogP) is 13.0. The Labute approximate surface area is 392 Å². The predicted molar refractivity (Wildman–Crippen MR) is 262 cm³/mol. The van der Waals surface area contributed by atoms with Crippen LogP contribution >= 0.6 is 0 Å². The third kappa shape index (κ3) is 13.5. The first-order chi connectivity index (χ1) is 31.8. The van der Waals surface area contributed by atoms with E-state index in [0.29, 0.717) is 39.4 Å². The zero-order chi connectivity index (χ0) is 45.2. The molecule has 0 amide bonds. The Morgan fingerprint density at radius 1 is 0.569 bits per heavy atom. The van der Waals surface area contributed by atoms with Crippen molar-refractivity contribution in [3.8, 4) is 0 Å². The molecular weight excluding hydrogens is 807 g/mol. The quantitative estimate of drug-likeness (QED) is 0.0331. The van der Waals surface area contributed by atoms with Crippen molar-refractivity contribution in [2.75, 3.05) is 6.61 Å². The van der Waals surface area contributed by atoms with E-state index in [4.69, 9.17) is 28.4 Å². The van der Waals surface area contributed by atoms with Gasteiger partial charge >= 0.3 is 0 Å². The minimum Gasteiger partial charge on any atom is -0.373 e. The van der Waals surface area contributed by atoms with Crippen molar-refractivity contribution in [1.82, 2.24) is 5.32 Å². The lowest BCUT2D eigenvalue weighted by Crippen LogP contribution is -2.73. The van der Waals surface area contributed by atoms with Gasteiger partial charge in [0.25, 0.3) is 0 Å². The normalized spacial score (nSPS) is 26.1. The number of hydrogen-bond donors (Lipinski definition) is 1. The van der Waals surface area contributed by atoms with Crippen LogP contribution in [0.4, 0.5) is 0 Å². The van der Waals surface area contributed by atoms with E-state index in [1.54, 1.807) is 0 Å². The van der Waals surface area contributed by atoms with E-state index in [0.717, 1.165) is 23.1 Å². The molecule has 1 spiro atoms. The van der Waals surface area contributed by atoms with Crippen LogP contribution in [0, 0.1) is 0 Å². The molecule has 352 valence electrons. The smallest absolute Gasteiger partial charge is 0.153 e. The lowest BCUT2D eigenvalue weighted by Gasteiger charge is -2.54. The van der Waals surface area contributed by atoms with Crippen LogP contribution in [0.2, 0.25) is 0 Å². The molecule has 4 aromatic rings. The molecule has 2 heterocycles. The van der Waals surface area contributed by atoms with Gasteiger partial charge in [0.2, 0.25) is 0 Å². The average Bonchev–Trinajstić information content (AvgIpc) is 4.04. The Hall–Kier alpha value is -3.66. The molecular formula is C58H79NO6. The zero-order valence-corrected chi connectivity index (χ0v) is 40.1. The van der Waals surface area contributed by atoms with Gasteiger partial charge in [-0.25, -0.2) is 0 Å². The third-order valence-electron chi connectivity index (χ3n) is 14.2. The van der Waals surface area contributed by atoms with Crippen molar-refractivity contribution < 1.29 is 28.4 Å². The topological polar surface area (TPSA) is 70.7 Å². The summed E-state index contributed by atoms with van der Waals surface area (Å²) in [4.78, 5) is 0. The van der Waals surface area contributed by atoms with Gasteiger partial charge in [-0.2, -0.15) is 0 Å². The molecule has 4 aromatic carbocycles. The Kier molecular flexibility index (Phi) is 18.9. The molecule has 0 bridgehead atoms. The van der Waals surface area contributed by atoms with Crippen molar-refractivity contribution in [3.05, 3.63) is 156 Å². The average molecular weight is 886 g/mol. The molecule has 1 aliphatic carbocycles. The number of nitrogens with one attached hydrogen (secondary N) is 1. The highest BCUT2D eigenvalue weighted by molar-refractivity contribution is 5.32. The maximum absolute atomic E-state index is 7.19. The van der Waals surface area contributed by atoms with Crippen LogP contribution in [0.3, 0.4) is 0 Å². The lowest BCUT2D eigenvalue weighted by molar-refractivity contribution is -0.269. The number of epoxide rings is 1. The first-order valence-corrected chi connectivity index (χ1v) is 25.2. The zero-order valence-electron chi connectivity index (χ0n) is 40.1. The van der Waals surface area contributed by atoms with Gasteiger partial charge in [-0.05, 0) is 55.9 Å². The maximum Gasteiger partial charge on any atom is 0.153 e. The largest absolute Gasteiger partial charge is 0.373 e. The molecule has 2 aliphatic heterocycles. The van der Waals surface area contributed by atoms with Crippen molar-refractivity contribution in [2.24, 2.45) is 0 Å². The van der Waals surface area contributed by atoms with Crippen molar-refractivity contribution in [2.45, 2.75) is 197 Å². The standard InChI is InChI=1S/C58H79NO6/c1-5-6-7-8-9-10-11-12-13-14-15-28-40-57(4)58(65-57)55(64-56(58,2)3)50(59-41-46-30-20-16-21-31-46)45-61-52-39-29-38-51(60-42-47-32-22-17-23-33-47)53(62-43-48-34-24-18-25-35-48)54(52)63-44-49-36-26-19-27-37-49/h16-27,29-38,50-55,59H,5-15,28,39-45H2,1-4H3. The Balaban J connectivity index is 1.05.